The quantitative estimate of drug-likeness (QED) is 0.672. The van der Waals surface area contributed by atoms with Crippen LogP contribution in [-0.2, 0) is 14.8 Å². The lowest BCUT2D eigenvalue weighted by atomic mass is 10.1. The molecule has 1 aliphatic rings. The Morgan fingerprint density at radius 2 is 1.70 bits per heavy atom. The topological polar surface area (TPSA) is 60.9 Å². The van der Waals surface area contributed by atoms with Crippen molar-refractivity contribution in [2.75, 3.05) is 41.6 Å². The molecule has 0 spiro atoms. The minimum absolute atomic E-state index is 0.258. The number of amides is 1. The molecule has 0 aromatic heterocycles. The maximum Gasteiger partial charge on any atom is 0.246 e. The van der Waals surface area contributed by atoms with Crippen molar-refractivity contribution in [2.24, 2.45) is 0 Å². The average Bonchev–Trinajstić information content (AvgIpc) is 2.72. The van der Waals surface area contributed by atoms with Gasteiger partial charge in [-0.15, -0.1) is 0 Å². The molecule has 0 saturated carbocycles. The van der Waals surface area contributed by atoms with Crippen molar-refractivity contribution >= 4 is 38.9 Å². The number of hydrogen-bond donors (Lipinski definition) is 0. The Balaban J connectivity index is 1.78. The van der Waals surface area contributed by atoms with Gasteiger partial charge in [0.2, 0.25) is 15.9 Å². The van der Waals surface area contributed by atoms with Gasteiger partial charge in [0, 0.05) is 31.2 Å². The van der Waals surface area contributed by atoms with Crippen molar-refractivity contribution in [3.05, 3.63) is 59.4 Å². The summed E-state index contributed by atoms with van der Waals surface area (Å²) in [5.41, 5.74) is 0.905. The van der Waals surface area contributed by atoms with Crippen LogP contribution < -0.4 is 9.21 Å². The molecule has 1 saturated heterocycles. The molecule has 0 radical (unpaired) electrons. The highest BCUT2D eigenvalue weighted by atomic mass is 35.5. The normalized spacial score (nSPS) is 15.7. The number of piperazine rings is 1. The van der Waals surface area contributed by atoms with Crippen LogP contribution in [0.5, 0.6) is 0 Å². The summed E-state index contributed by atoms with van der Waals surface area (Å²) in [5.74, 6) is -0.555. The third-order valence-corrected chi connectivity index (χ3v) is 6.61. The molecule has 1 fully saturated rings. The monoisotopic (exact) mass is 453 g/mol. The first-order valence-electron chi connectivity index (χ1n) is 9.75. The lowest BCUT2D eigenvalue weighted by molar-refractivity contribution is -0.132. The smallest absolute Gasteiger partial charge is 0.246 e. The van der Waals surface area contributed by atoms with Crippen LogP contribution in [0.2, 0.25) is 5.02 Å². The first-order valence-corrected chi connectivity index (χ1v) is 12.0. The van der Waals surface area contributed by atoms with Gasteiger partial charge in [0.05, 0.1) is 17.6 Å². The van der Waals surface area contributed by atoms with Crippen molar-refractivity contribution in [3.8, 4) is 0 Å². The van der Waals surface area contributed by atoms with Gasteiger partial charge in [0.15, 0.2) is 0 Å². The largest absolute Gasteiger partial charge is 0.366 e. The molecule has 3 rings (SSSR count). The molecular formula is C21H25ClFN3O3S. The van der Waals surface area contributed by atoms with Crippen LogP contribution in [-0.4, -0.2) is 57.7 Å². The molecule has 2 aromatic carbocycles. The Morgan fingerprint density at radius 1 is 1.10 bits per heavy atom. The minimum Gasteiger partial charge on any atom is -0.366 e. The fraction of sp³-hybridized carbons (Fsp3) is 0.381. The summed E-state index contributed by atoms with van der Waals surface area (Å²) in [6.07, 6.45) is 1.41. The van der Waals surface area contributed by atoms with Gasteiger partial charge >= 0.3 is 0 Å². The summed E-state index contributed by atoms with van der Waals surface area (Å²) in [6.45, 7) is 3.52. The Morgan fingerprint density at radius 3 is 2.23 bits per heavy atom. The summed E-state index contributed by atoms with van der Waals surface area (Å²) in [7, 11) is -3.70. The van der Waals surface area contributed by atoms with Gasteiger partial charge < -0.3 is 9.80 Å². The summed E-state index contributed by atoms with van der Waals surface area (Å²) in [5, 5.41) is 0.482. The Labute approximate surface area is 181 Å². The first kappa shape index (κ1) is 22.4. The zero-order valence-corrected chi connectivity index (χ0v) is 18.5. The Kier molecular flexibility index (Phi) is 6.88. The molecule has 0 bridgehead atoms. The van der Waals surface area contributed by atoms with E-state index in [1.165, 1.54) is 6.07 Å². The van der Waals surface area contributed by atoms with Crippen molar-refractivity contribution in [1.29, 1.82) is 0 Å². The minimum atomic E-state index is -3.70. The SMILES string of the molecule is CCC(C(=O)N1CCN(c2ccccc2F)CC1)N(c1ccc(Cl)cc1)S(C)(=O)=O. The number of anilines is 2. The van der Waals surface area contributed by atoms with Gasteiger partial charge in [-0.05, 0) is 42.8 Å². The molecule has 0 N–H and O–H groups in total. The van der Waals surface area contributed by atoms with E-state index in [2.05, 4.69) is 0 Å². The molecule has 9 heteroatoms. The van der Waals surface area contributed by atoms with Crippen LogP contribution in [0.25, 0.3) is 0 Å². The molecule has 30 heavy (non-hydrogen) atoms. The maximum absolute atomic E-state index is 14.1. The zero-order valence-electron chi connectivity index (χ0n) is 17.0. The molecule has 0 aliphatic carbocycles. The number of nitrogens with zero attached hydrogens (tertiary/aromatic N) is 3. The second kappa shape index (κ2) is 9.22. The third kappa shape index (κ3) is 4.87. The molecule has 1 amide bonds. The highest BCUT2D eigenvalue weighted by Crippen LogP contribution is 2.26. The standard InChI is InChI=1S/C21H25ClFN3O3S/c1-3-19(26(30(2,28)29)17-10-8-16(22)9-11-17)21(27)25-14-12-24(13-15-25)20-7-5-4-6-18(20)23/h4-11,19H,3,12-15H2,1-2H3. The van der Waals surface area contributed by atoms with Gasteiger partial charge in [-0.2, -0.15) is 0 Å². The van der Waals surface area contributed by atoms with Gasteiger partial charge in [-0.3, -0.25) is 9.10 Å². The number of para-hydroxylation sites is 1. The van der Waals surface area contributed by atoms with Crippen LogP contribution >= 0.6 is 11.6 Å². The van der Waals surface area contributed by atoms with Crippen molar-refractivity contribution in [3.63, 3.8) is 0 Å². The highest BCUT2D eigenvalue weighted by Gasteiger charge is 2.35. The Hall–Kier alpha value is -2.32. The van der Waals surface area contributed by atoms with E-state index in [-0.39, 0.29) is 11.7 Å². The first-order chi connectivity index (χ1) is 14.2. The zero-order chi connectivity index (χ0) is 21.9. The van der Waals surface area contributed by atoms with E-state index in [0.29, 0.717) is 49.0 Å². The van der Waals surface area contributed by atoms with Gasteiger partial charge in [-0.25, -0.2) is 12.8 Å². The molecule has 6 nitrogen and oxygen atoms in total. The number of carbonyl (C=O) groups excluding carboxylic acids is 1. The highest BCUT2D eigenvalue weighted by molar-refractivity contribution is 7.92. The molecule has 162 valence electrons. The molecule has 1 aliphatic heterocycles. The molecule has 1 unspecified atom stereocenters. The van der Waals surface area contributed by atoms with E-state index >= 15 is 0 Å². The second-order valence-electron chi connectivity index (χ2n) is 7.22. The molecule has 2 aromatic rings. The van der Waals surface area contributed by atoms with Crippen molar-refractivity contribution in [1.82, 2.24) is 4.90 Å². The maximum atomic E-state index is 14.1. The van der Waals surface area contributed by atoms with Crippen molar-refractivity contribution in [2.45, 2.75) is 19.4 Å². The average molecular weight is 454 g/mol. The van der Waals surface area contributed by atoms with E-state index in [0.717, 1.165) is 10.6 Å². The van der Waals surface area contributed by atoms with E-state index in [1.807, 2.05) is 4.90 Å². The number of carbonyl (C=O) groups is 1. The van der Waals surface area contributed by atoms with Crippen LogP contribution in [0.1, 0.15) is 13.3 Å². The van der Waals surface area contributed by atoms with E-state index < -0.39 is 16.1 Å². The summed E-state index contributed by atoms with van der Waals surface area (Å²) >= 11 is 5.93. The molecule has 1 atom stereocenters. The fourth-order valence-electron chi connectivity index (χ4n) is 3.72. The van der Waals surface area contributed by atoms with Crippen LogP contribution in [0.15, 0.2) is 48.5 Å². The molecule has 1 heterocycles. The van der Waals surface area contributed by atoms with E-state index in [1.54, 1.807) is 54.3 Å². The van der Waals surface area contributed by atoms with Gasteiger partial charge in [0.25, 0.3) is 0 Å². The summed E-state index contributed by atoms with van der Waals surface area (Å²) in [4.78, 5) is 16.8. The number of sulfonamides is 1. The van der Waals surface area contributed by atoms with Gasteiger partial charge in [-0.1, -0.05) is 30.7 Å². The number of rotatable bonds is 6. The van der Waals surface area contributed by atoms with Crippen LogP contribution in [0, 0.1) is 5.82 Å². The number of halogens is 2. The number of hydrogen-bond acceptors (Lipinski definition) is 4. The predicted octanol–water partition coefficient (Wildman–Crippen LogP) is 3.37. The summed E-state index contributed by atoms with van der Waals surface area (Å²) < 4.78 is 40.3. The van der Waals surface area contributed by atoms with Crippen LogP contribution in [0.4, 0.5) is 15.8 Å². The third-order valence-electron chi connectivity index (χ3n) is 5.18. The second-order valence-corrected chi connectivity index (χ2v) is 9.52. The Bertz CT molecular complexity index is 993. The lowest BCUT2D eigenvalue weighted by Gasteiger charge is -2.39. The van der Waals surface area contributed by atoms with Crippen LogP contribution in [0.3, 0.4) is 0 Å². The predicted molar refractivity (Wildman–Crippen MR) is 118 cm³/mol. The number of benzene rings is 2. The van der Waals surface area contributed by atoms with E-state index in [9.17, 15) is 17.6 Å². The fourth-order valence-corrected chi connectivity index (χ4v) is 5.05. The van der Waals surface area contributed by atoms with E-state index in [4.69, 9.17) is 11.6 Å². The summed E-state index contributed by atoms with van der Waals surface area (Å²) in [6, 6.07) is 12.1. The lowest BCUT2D eigenvalue weighted by Crippen LogP contribution is -2.56. The van der Waals surface area contributed by atoms with Gasteiger partial charge in [0.1, 0.15) is 11.9 Å². The molecular weight excluding hydrogens is 429 g/mol. The van der Waals surface area contributed by atoms with Crippen molar-refractivity contribution < 1.29 is 17.6 Å².